The summed E-state index contributed by atoms with van der Waals surface area (Å²) in [6.45, 7) is 0. The van der Waals surface area contributed by atoms with E-state index in [-0.39, 0.29) is 5.82 Å². The molecule has 0 unspecified atom stereocenters. The van der Waals surface area contributed by atoms with Gasteiger partial charge >= 0.3 is 0 Å². The molecule has 94 valence electrons. The lowest BCUT2D eigenvalue weighted by Gasteiger charge is -2.04. The number of hydrogen-bond acceptors (Lipinski definition) is 4. The third-order valence-corrected chi connectivity index (χ3v) is 3.10. The van der Waals surface area contributed by atoms with Gasteiger partial charge in [-0.3, -0.25) is 4.79 Å². The van der Waals surface area contributed by atoms with Gasteiger partial charge in [0.15, 0.2) is 0 Å². The fourth-order valence-electron chi connectivity index (χ4n) is 1.74. The standard InChI is InChI=1S/C12H8BrN5O/c13-9-3-1-8-6-10(4-2-7(8)5-9)14-12(19)11-15-17-18-16-11/h1-6H,(H,14,19)(H,15,16,17,18). The van der Waals surface area contributed by atoms with Crippen LogP contribution >= 0.6 is 15.9 Å². The highest BCUT2D eigenvalue weighted by molar-refractivity contribution is 9.10. The molecule has 0 aliphatic carbocycles. The minimum atomic E-state index is -0.398. The van der Waals surface area contributed by atoms with Gasteiger partial charge < -0.3 is 5.32 Å². The van der Waals surface area contributed by atoms with Crippen molar-refractivity contribution in [3.05, 3.63) is 46.7 Å². The van der Waals surface area contributed by atoms with E-state index in [0.717, 1.165) is 15.2 Å². The fraction of sp³-hybridized carbons (Fsp3) is 0. The Kier molecular flexibility index (Phi) is 2.96. The second kappa shape index (κ2) is 4.77. The summed E-state index contributed by atoms with van der Waals surface area (Å²) in [5, 5.41) is 17.7. The van der Waals surface area contributed by atoms with E-state index in [1.54, 1.807) is 0 Å². The van der Waals surface area contributed by atoms with E-state index in [1.165, 1.54) is 0 Å². The molecule has 1 aromatic heterocycles. The number of anilines is 1. The highest BCUT2D eigenvalue weighted by atomic mass is 79.9. The van der Waals surface area contributed by atoms with Gasteiger partial charge in [0.1, 0.15) is 0 Å². The predicted molar refractivity (Wildman–Crippen MR) is 73.8 cm³/mol. The summed E-state index contributed by atoms with van der Waals surface area (Å²) in [6, 6.07) is 11.6. The van der Waals surface area contributed by atoms with Crippen LogP contribution in [-0.2, 0) is 0 Å². The summed E-state index contributed by atoms with van der Waals surface area (Å²) < 4.78 is 1.02. The summed E-state index contributed by atoms with van der Waals surface area (Å²) in [4.78, 5) is 11.8. The molecule has 0 spiro atoms. The molecule has 2 aromatic carbocycles. The number of H-pyrrole nitrogens is 1. The number of carbonyl (C=O) groups is 1. The van der Waals surface area contributed by atoms with Crippen molar-refractivity contribution in [1.82, 2.24) is 20.6 Å². The van der Waals surface area contributed by atoms with E-state index in [1.807, 2.05) is 36.4 Å². The third-order valence-electron chi connectivity index (χ3n) is 2.61. The van der Waals surface area contributed by atoms with Gasteiger partial charge in [0.05, 0.1) is 0 Å². The number of tetrazole rings is 1. The molecule has 0 aliphatic heterocycles. The smallest absolute Gasteiger partial charge is 0.297 e. The average Bonchev–Trinajstić information content (AvgIpc) is 2.93. The molecule has 6 nitrogen and oxygen atoms in total. The van der Waals surface area contributed by atoms with Crippen molar-refractivity contribution in [3.8, 4) is 0 Å². The molecular weight excluding hydrogens is 310 g/mol. The molecular formula is C12H8BrN5O. The van der Waals surface area contributed by atoms with Gasteiger partial charge in [-0.25, -0.2) is 0 Å². The van der Waals surface area contributed by atoms with Crippen molar-refractivity contribution < 1.29 is 4.79 Å². The SMILES string of the molecule is O=C(Nc1ccc2cc(Br)ccc2c1)c1nn[nH]n1. The Labute approximate surface area is 116 Å². The molecule has 2 N–H and O–H groups in total. The van der Waals surface area contributed by atoms with Gasteiger partial charge in [-0.15, -0.1) is 10.2 Å². The van der Waals surface area contributed by atoms with Crippen LogP contribution in [0, 0.1) is 0 Å². The van der Waals surface area contributed by atoms with E-state index < -0.39 is 5.91 Å². The molecule has 3 rings (SSSR count). The first-order chi connectivity index (χ1) is 9.22. The van der Waals surface area contributed by atoms with Crippen molar-refractivity contribution in [2.45, 2.75) is 0 Å². The van der Waals surface area contributed by atoms with Gasteiger partial charge in [-0.2, -0.15) is 5.21 Å². The van der Waals surface area contributed by atoms with Crippen molar-refractivity contribution in [2.24, 2.45) is 0 Å². The number of hydrogen-bond donors (Lipinski definition) is 2. The van der Waals surface area contributed by atoms with Crippen molar-refractivity contribution in [3.63, 3.8) is 0 Å². The third kappa shape index (κ3) is 2.45. The fourth-order valence-corrected chi connectivity index (χ4v) is 2.12. The maximum Gasteiger partial charge on any atom is 0.297 e. The van der Waals surface area contributed by atoms with E-state index in [0.29, 0.717) is 5.69 Å². The van der Waals surface area contributed by atoms with Crippen molar-refractivity contribution in [1.29, 1.82) is 0 Å². The molecule has 1 amide bonds. The number of nitrogens with zero attached hydrogens (tertiary/aromatic N) is 3. The Morgan fingerprint density at radius 1 is 1.16 bits per heavy atom. The summed E-state index contributed by atoms with van der Waals surface area (Å²) >= 11 is 3.42. The van der Waals surface area contributed by atoms with Gasteiger partial charge in [-0.1, -0.05) is 28.1 Å². The Morgan fingerprint density at radius 3 is 2.74 bits per heavy atom. The molecule has 7 heteroatoms. The topological polar surface area (TPSA) is 83.6 Å². The van der Waals surface area contributed by atoms with Gasteiger partial charge in [-0.05, 0) is 40.3 Å². The van der Waals surface area contributed by atoms with Crippen LogP contribution in [0.5, 0.6) is 0 Å². The highest BCUT2D eigenvalue weighted by Gasteiger charge is 2.10. The summed E-state index contributed by atoms with van der Waals surface area (Å²) in [7, 11) is 0. The average molecular weight is 318 g/mol. The molecule has 3 aromatic rings. The van der Waals surface area contributed by atoms with Crippen LogP contribution in [0.3, 0.4) is 0 Å². The van der Waals surface area contributed by atoms with E-state index >= 15 is 0 Å². The molecule has 0 saturated carbocycles. The summed E-state index contributed by atoms with van der Waals surface area (Å²) in [5.41, 5.74) is 0.685. The summed E-state index contributed by atoms with van der Waals surface area (Å²) in [5.74, 6) is -0.388. The number of amides is 1. The van der Waals surface area contributed by atoms with Crippen LogP contribution in [0.2, 0.25) is 0 Å². The van der Waals surface area contributed by atoms with Crippen LogP contribution < -0.4 is 5.32 Å². The van der Waals surface area contributed by atoms with E-state index in [2.05, 4.69) is 41.9 Å². The number of aromatic nitrogens is 4. The predicted octanol–water partition coefficient (Wildman–Crippen LogP) is 2.37. The normalized spacial score (nSPS) is 10.6. The van der Waals surface area contributed by atoms with Crippen LogP contribution in [-0.4, -0.2) is 26.5 Å². The maximum absolute atomic E-state index is 11.8. The lowest BCUT2D eigenvalue weighted by atomic mass is 10.1. The quantitative estimate of drug-likeness (QED) is 0.760. The largest absolute Gasteiger partial charge is 0.319 e. The molecule has 0 radical (unpaired) electrons. The van der Waals surface area contributed by atoms with Gasteiger partial charge in [0.25, 0.3) is 11.7 Å². The first-order valence-corrected chi connectivity index (χ1v) is 6.26. The number of fused-ring (bicyclic) bond motifs is 1. The Hall–Kier alpha value is -2.28. The first kappa shape index (κ1) is 11.8. The van der Waals surface area contributed by atoms with Gasteiger partial charge in [0, 0.05) is 10.2 Å². The van der Waals surface area contributed by atoms with Crippen molar-refractivity contribution >= 4 is 38.3 Å². The first-order valence-electron chi connectivity index (χ1n) is 5.46. The lowest BCUT2D eigenvalue weighted by molar-refractivity contribution is 0.101. The molecule has 0 atom stereocenters. The zero-order valence-electron chi connectivity index (χ0n) is 9.59. The zero-order chi connectivity index (χ0) is 13.2. The molecule has 1 heterocycles. The summed E-state index contributed by atoms with van der Waals surface area (Å²) in [6.07, 6.45) is 0. The van der Waals surface area contributed by atoms with Gasteiger partial charge in [0.2, 0.25) is 0 Å². The van der Waals surface area contributed by atoms with Crippen LogP contribution in [0.15, 0.2) is 40.9 Å². The minimum Gasteiger partial charge on any atom is -0.319 e. The monoisotopic (exact) mass is 317 g/mol. The maximum atomic E-state index is 11.8. The highest BCUT2D eigenvalue weighted by Crippen LogP contribution is 2.23. The van der Waals surface area contributed by atoms with Crippen LogP contribution in [0.1, 0.15) is 10.6 Å². The molecule has 0 aliphatic rings. The zero-order valence-corrected chi connectivity index (χ0v) is 11.2. The number of halogens is 1. The number of rotatable bonds is 2. The lowest BCUT2D eigenvalue weighted by Crippen LogP contribution is -2.13. The second-order valence-corrected chi connectivity index (χ2v) is 4.81. The number of aromatic amines is 1. The van der Waals surface area contributed by atoms with Crippen LogP contribution in [0.4, 0.5) is 5.69 Å². The van der Waals surface area contributed by atoms with E-state index in [9.17, 15) is 4.79 Å². The molecule has 0 fully saturated rings. The molecule has 0 bridgehead atoms. The number of nitrogens with one attached hydrogen (secondary N) is 2. The Balaban J connectivity index is 1.89. The van der Waals surface area contributed by atoms with Crippen LogP contribution in [0.25, 0.3) is 10.8 Å². The second-order valence-electron chi connectivity index (χ2n) is 3.90. The number of benzene rings is 2. The Morgan fingerprint density at radius 2 is 1.95 bits per heavy atom. The van der Waals surface area contributed by atoms with Crippen molar-refractivity contribution in [2.75, 3.05) is 5.32 Å². The van der Waals surface area contributed by atoms with E-state index in [4.69, 9.17) is 0 Å². The number of carbonyl (C=O) groups excluding carboxylic acids is 1. The Bertz CT molecular complexity index is 741. The minimum absolute atomic E-state index is 0.0101. The molecule has 19 heavy (non-hydrogen) atoms. The molecule has 0 saturated heterocycles.